The Bertz CT molecular complexity index is 826. The van der Waals surface area contributed by atoms with Crippen LogP contribution < -0.4 is 5.32 Å². The van der Waals surface area contributed by atoms with E-state index in [4.69, 9.17) is 11.6 Å². The molecule has 1 aromatic rings. The summed E-state index contributed by atoms with van der Waals surface area (Å²) < 4.78 is 0. The number of hydrogen-bond acceptors (Lipinski definition) is 3. The second-order valence-electron chi connectivity index (χ2n) is 8.95. The van der Waals surface area contributed by atoms with Gasteiger partial charge in [-0.15, -0.1) is 37.2 Å². The number of nitrogens with zero attached hydrogens (tertiary/aromatic N) is 1. The minimum atomic E-state index is 0. The van der Waals surface area contributed by atoms with Gasteiger partial charge in [0.25, 0.3) is 0 Å². The minimum Gasteiger partial charge on any atom is -0.391 e. The number of unbranched alkanes of at least 4 members (excludes halogenated alkanes) is 1. The summed E-state index contributed by atoms with van der Waals surface area (Å²) in [5.74, 6) is 2.27. The van der Waals surface area contributed by atoms with Gasteiger partial charge >= 0.3 is 0 Å². The third-order valence-electron chi connectivity index (χ3n) is 6.99. The molecular weight excluding hydrogens is 498 g/mol. The van der Waals surface area contributed by atoms with Crippen LogP contribution in [0.5, 0.6) is 0 Å². The molecule has 3 aliphatic rings. The molecule has 3 nitrogen and oxygen atoms in total. The zero-order valence-electron chi connectivity index (χ0n) is 18.9. The van der Waals surface area contributed by atoms with Crippen LogP contribution in [0.2, 0.25) is 5.02 Å². The molecule has 7 heteroatoms. The van der Waals surface area contributed by atoms with Crippen LogP contribution in [0, 0.1) is 23.7 Å². The molecule has 1 N–H and O–H groups in total. The first kappa shape index (κ1) is 30.1. The summed E-state index contributed by atoms with van der Waals surface area (Å²) in [4.78, 5) is 13.4. The molecule has 0 bridgehead atoms. The van der Waals surface area contributed by atoms with Crippen molar-refractivity contribution in [2.75, 3.05) is 19.6 Å². The van der Waals surface area contributed by atoms with Crippen molar-refractivity contribution >= 4 is 55.1 Å². The van der Waals surface area contributed by atoms with E-state index in [1.807, 2.05) is 12.1 Å². The van der Waals surface area contributed by atoms with Gasteiger partial charge in [0.2, 0.25) is 0 Å². The number of hydrogen-bond donors (Lipinski definition) is 1. The smallest absolute Gasteiger partial charge is 0.119 e. The molecule has 184 valence electrons. The molecule has 4 rings (SSSR count). The summed E-state index contributed by atoms with van der Waals surface area (Å²) in [5, 5.41) is 4.24. The number of fused-ring (bicyclic) bond motifs is 1. The molecule has 0 aromatic heterocycles. The maximum absolute atomic E-state index is 10.9. The van der Waals surface area contributed by atoms with Crippen LogP contribution in [0.25, 0.3) is 0 Å². The fraction of sp³-hybridized carbons (Fsp3) is 0.500. The topological polar surface area (TPSA) is 32.3 Å². The van der Waals surface area contributed by atoms with Gasteiger partial charge in [0, 0.05) is 37.0 Å². The van der Waals surface area contributed by atoms with E-state index in [1.54, 1.807) is 0 Å². The largest absolute Gasteiger partial charge is 0.391 e. The summed E-state index contributed by atoms with van der Waals surface area (Å²) in [6.45, 7) is 4.12. The van der Waals surface area contributed by atoms with Crippen molar-refractivity contribution in [3.8, 4) is 0 Å². The van der Waals surface area contributed by atoms with Gasteiger partial charge in [0.05, 0.1) is 0 Å². The van der Waals surface area contributed by atoms with E-state index in [0.717, 1.165) is 50.3 Å². The van der Waals surface area contributed by atoms with Crippen LogP contribution in [0.15, 0.2) is 60.3 Å². The zero-order chi connectivity index (χ0) is 20.8. The maximum Gasteiger partial charge on any atom is 0.119 e. The van der Waals surface area contributed by atoms with Crippen molar-refractivity contribution < 1.29 is 4.79 Å². The second kappa shape index (κ2) is 15.1. The van der Waals surface area contributed by atoms with E-state index >= 15 is 0 Å². The van der Waals surface area contributed by atoms with Gasteiger partial charge in [-0.3, -0.25) is 4.90 Å². The lowest BCUT2D eigenvalue weighted by molar-refractivity contribution is -0.108. The second-order valence-corrected chi connectivity index (χ2v) is 9.36. The van der Waals surface area contributed by atoms with Crippen LogP contribution in [0.1, 0.15) is 37.7 Å². The standard InChI is InChI=1S/C26H33ClN2O.3ClH/c27-26-7-2-1-6-24(26)18-29-15-12-21(5-3-4-16-30)25(19-29)23-9-8-20-10-13-28-14-11-22(20)17-23;;;/h1-2,6-9,11,14,16-17,20-22,25,28H,3-5,10,12-13,15,18-19H2;3*1H. The Hall–Kier alpha value is -0.970. The van der Waals surface area contributed by atoms with Gasteiger partial charge in [-0.2, -0.15) is 0 Å². The minimum absolute atomic E-state index is 0. The molecule has 1 aromatic carbocycles. The number of carbonyl (C=O) groups is 1. The van der Waals surface area contributed by atoms with Gasteiger partial charge in [-0.05, 0) is 73.4 Å². The fourth-order valence-corrected chi connectivity index (χ4v) is 5.47. The highest BCUT2D eigenvalue weighted by atomic mass is 35.5. The van der Waals surface area contributed by atoms with E-state index in [0.29, 0.717) is 30.1 Å². The third kappa shape index (κ3) is 8.04. The number of halogens is 4. The molecular formula is C26H36Cl4N2O. The summed E-state index contributed by atoms with van der Waals surface area (Å²) in [7, 11) is 0. The predicted octanol–water partition coefficient (Wildman–Crippen LogP) is 6.65. The predicted molar refractivity (Wildman–Crippen MR) is 146 cm³/mol. The number of nitrogens with one attached hydrogen (secondary N) is 1. The molecule has 1 saturated heterocycles. The van der Waals surface area contributed by atoms with Crippen LogP contribution in [0.3, 0.4) is 0 Å². The SMILES string of the molecule is Cl.Cl.Cl.O=CCCCC1CCN(Cc2ccccc2Cl)CC1C1=CC2C=CNCCC2C=C1. The van der Waals surface area contributed by atoms with Crippen molar-refractivity contribution in [3.05, 3.63) is 70.9 Å². The van der Waals surface area contributed by atoms with Gasteiger partial charge < -0.3 is 10.1 Å². The summed E-state index contributed by atoms with van der Waals surface area (Å²) in [5.41, 5.74) is 2.70. The first-order valence-electron chi connectivity index (χ1n) is 11.4. The first-order valence-corrected chi connectivity index (χ1v) is 11.8. The van der Waals surface area contributed by atoms with E-state index in [2.05, 4.69) is 52.9 Å². The van der Waals surface area contributed by atoms with Crippen molar-refractivity contribution in [2.45, 2.75) is 38.6 Å². The Morgan fingerprint density at radius 1 is 1.12 bits per heavy atom. The van der Waals surface area contributed by atoms with Crippen molar-refractivity contribution in [1.82, 2.24) is 10.2 Å². The van der Waals surface area contributed by atoms with E-state index < -0.39 is 0 Å². The molecule has 0 radical (unpaired) electrons. The first-order chi connectivity index (χ1) is 14.7. The van der Waals surface area contributed by atoms with Crippen molar-refractivity contribution in [2.24, 2.45) is 23.7 Å². The highest BCUT2D eigenvalue weighted by Crippen LogP contribution is 2.38. The molecule has 0 saturated carbocycles. The van der Waals surface area contributed by atoms with Gasteiger partial charge in [0.1, 0.15) is 6.29 Å². The Morgan fingerprint density at radius 2 is 1.94 bits per heavy atom. The number of allylic oxidation sites excluding steroid dienone is 4. The normalized spacial score (nSPS) is 26.3. The van der Waals surface area contributed by atoms with Crippen LogP contribution >= 0.6 is 48.8 Å². The molecule has 4 unspecified atom stereocenters. The van der Waals surface area contributed by atoms with E-state index in [1.165, 1.54) is 24.0 Å². The lowest BCUT2D eigenvalue weighted by atomic mass is 9.73. The fourth-order valence-electron chi connectivity index (χ4n) is 5.28. The number of rotatable bonds is 7. The zero-order valence-corrected chi connectivity index (χ0v) is 22.1. The average molecular weight is 534 g/mol. The van der Waals surface area contributed by atoms with Gasteiger partial charge in [-0.25, -0.2) is 0 Å². The van der Waals surface area contributed by atoms with Crippen molar-refractivity contribution in [1.29, 1.82) is 0 Å². The molecule has 1 fully saturated rings. The molecule has 4 atom stereocenters. The molecule has 2 aliphatic heterocycles. The molecule has 2 heterocycles. The molecule has 1 aliphatic carbocycles. The van der Waals surface area contributed by atoms with Crippen LogP contribution in [-0.2, 0) is 11.3 Å². The van der Waals surface area contributed by atoms with Gasteiger partial charge in [-0.1, -0.05) is 54.1 Å². The van der Waals surface area contributed by atoms with E-state index in [9.17, 15) is 4.79 Å². The molecule has 33 heavy (non-hydrogen) atoms. The quantitative estimate of drug-likeness (QED) is 0.314. The molecule has 0 spiro atoms. The van der Waals surface area contributed by atoms with Crippen LogP contribution in [-0.4, -0.2) is 30.8 Å². The lowest BCUT2D eigenvalue weighted by Gasteiger charge is -2.41. The third-order valence-corrected chi connectivity index (χ3v) is 7.36. The van der Waals surface area contributed by atoms with Crippen LogP contribution in [0.4, 0.5) is 0 Å². The number of aldehydes is 1. The number of piperidine rings is 1. The average Bonchev–Trinajstić information content (AvgIpc) is 3.01. The van der Waals surface area contributed by atoms with Gasteiger partial charge in [0.15, 0.2) is 0 Å². The summed E-state index contributed by atoms with van der Waals surface area (Å²) in [6.07, 6.45) is 18.1. The Labute approximate surface area is 222 Å². The summed E-state index contributed by atoms with van der Waals surface area (Å²) >= 11 is 6.44. The highest BCUT2D eigenvalue weighted by molar-refractivity contribution is 6.31. The Kier molecular flexibility index (Phi) is 13.8. The molecule has 0 amide bonds. The maximum atomic E-state index is 10.9. The monoisotopic (exact) mass is 532 g/mol. The number of carbonyl (C=O) groups excluding carboxylic acids is 1. The number of benzene rings is 1. The highest BCUT2D eigenvalue weighted by Gasteiger charge is 2.33. The lowest BCUT2D eigenvalue weighted by Crippen LogP contribution is -2.41. The number of likely N-dealkylation sites (tertiary alicyclic amines) is 1. The Balaban J connectivity index is 0.00000181. The Morgan fingerprint density at radius 3 is 2.73 bits per heavy atom. The van der Waals surface area contributed by atoms with E-state index in [-0.39, 0.29) is 37.2 Å². The summed E-state index contributed by atoms with van der Waals surface area (Å²) in [6, 6.07) is 8.20. The van der Waals surface area contributed by atoms with Crippen molar-refractivity contribution in [3.63, 3.8) is 0 Å².